The SMILES string of the molecule is CC[C@@]1(C)c2sc(=O)[nH]c2S[C@@H]2C3CC(C4C(=O)N(/N=C/c5ccc(Cl)cc5)C(=O)C43)C21. The summed E-state index contributed by atoms with van der Waals surface area (Å²) in [4.78, 5) is 43.0. The number of rotatable bonds is 3. The van der Waals surface area contributed by atoms with E-state index in [1.165, 1.54) is 11.3 Å². The van der Waals surface area contributed by atoms with Gasteiger partial charge in [-0.25, -0.2) is 0 Å². The molecule has 1 aromatic heterocycles. The van der Waals surface area contributed by atoms with Crippen LogP contribution in [0.15, 0.2) is 39.2 Å². The zero-order chi connectivity index (χ0) is 22.4. The van der Waals surface area contributed by atoms with E-state index in [1.807, 2.05) is 0 Å². The minimum Gasteiger partial charge on any atom is -0.307 e. The third kappa shape index (κ3) is 2.66. The highest BCUT2D eigenvalue weighted by atomic mass is 35.5. The van der Waals surface area contributed by atoms with Crippen molar-refractivity contribution in [1.29, 1.82) is 0 Å². The van der Waals surface area contributed by atoms with Crippen molar-refractivity contribution in [3.63, 3.8) is 0 Å². The molecule has 32 heavy (non-hydrogen) atoms. The van der Waals surface area contributed by atoms with E-state index >= 15 is 0 Å². The lowest BCUT2D eigenvalue weighted by Gasteiger charge is -2.48. The Morgan fingerprint density at radius 3 is 2.56 bits per heavy atom. The van der Waals surface area contributed by atoms with Gasteiger partial charge in [-0.15, -0.1) is 11.8 Å². The molecule has 2 bridgehead atoms. The molecule has 2 amide bonds. The van der Waals surface area contributed by atoms with Crippen molar-refractivity contribution in [1.82, 2.24) is 9.99 Å². The molecule has 166 valence electrons. The van der Waals surface area contributed by atoms with Crippen LogP contribution in [-0.4, -0.2) is 33.3 Å². The Morgan fingerprint density at radius 1 is 1.19 bits per heavy atom. The van der Waals surface area contributed by atoms with Gasteiger partial charge in [-0.05, 0) is 48.3 Å². The fraction of sp³-hybridized carbons (Fsp3) is 0.478. The average molecular weight is 488 g/mol. The van der Waals surface area contributed by atoms with Gasteiger partial charge in [0.05, 0.1) is 23.1 Å². The molecule has 2 aromatic rings. The lowest BCUT2D eigenvalue weighted by Crippen LogP contribution is -2.49. The number of thioether (sulfide) groups is 1. The number of imide groups is 1. The van der Waals surface area contributed by atoms with E-state index in [-0.39, 0.29) is 56.9 Å². The molecule has 3 heterocycles. The van der Waals surface area contributed by atoms with Gasteiger partial charge in [0, 0.05) is 20.6 Å². The van der Waals surface area contributed by atoms with Crippen LogP contribution in [0.2, 0.25) is 5.02 Å². The summed E-state index contributed by atoms with van der Waals surface area (Å²) in [5, 5.41) is 7.22. The Balaban J connectivity index is 1.34. The normalized spacial score (nSPS) is 37.3. The van der Waals surface area contributed by atoms with Gasteiger partial charge in [0.2, 0.25) is 0 Å². The van der Waals surface area contributed by atoms with E-state index in [9.17, 15) is 14.4 Å². The number of benzene rings is 1. The van der Waals surface area contributed by atoms with Crippen LogP contribution in [0.4, 0.5) is 0 Å². The predicted octanol–water partition coefficient (Wildman–Crippen LogP) is 4.13. The highest BCUT2D eigenvalue weighted by molar-refractivity contribution is 8.00. The van der Waals surface area contributed by atoms with E-state index in [0.717, 1.165) is 33.3 Å². The minimum absolute atomic E-state index is 0.0236. The second kappa shape index (κ2) is 7.05. The molecule has 0 spiro atoms. The second-order valence-corrected chi connectivity index (χ2v) is 12.1. The molecule has 7 atom stereocenters. The number of halogens is 1. The Labute approximate surface area is 198 Å². The van der Waals surface area contributed by atoms with Crippen LogP contribution in [0.5, 0.6) is 0 Å². The number of nitrogens with zero attached hydrogens (tertiary/aromatic N) is 2. The molecule has 0 radical (unpaired) electrons. The topological polar surface area (TPSA) is 82.6 Å². The molecule has 5 unspecified atom stereocenters. The van der Waals surface area contributed by atoms with Crippen molar-refractivity contribution in [3.8, 4) is 0 Å². The van der Waals surface area contributed by atoms with Gasteiger partial charge >= 0.3 is 4.87 Å². The van der Waals surface area contributed by atoms with Crippen molar-refractivity contribution < 1.29 is 9.59 Å². The zero-order valence-electron chi connectivity index (χ0n) is 17.6. The highest BCUT2D eigenvalue weighted by Gasteiger charge is 2.71. The van der Waals surface area contributed by atoms with Gasteiger partial charge in [0.15, 0.2) is 0 Å². The Kier molecular flexibility index (Phi) is 4.56. The summed E-state index contributed by atoms with van der Waals surface area (Å²) in [6.45, 7) is 4.40. The van der Waals surface area contributed by atoms with Crippen molar-refractivity contribution in [2.45, 2.75) is 42.4 Å². The average Bonchev–Trinajstić information content (AvgIpc) is 3.50. The highest BCUT2D eigenvalue weighted by Crippen LogP contribution is 2.69. The summed E-state index contributed by atoms with van der Waals surface area (Å²) >= 11 is 8.95. The quantitative estimate of drug-likeness (QED) is 0.521. The Bertz CT molecular complexity index is 1220. The maximum Gasteiger partial charge on any atom is 0.305 e. The number of hydrogen-bond donors (Lipinski definition) is 1. The Morgan fingerprint density at radius 2 is 1.88 bits per heavy atom. The fourth-order valence-electron chi connectivity index (χ4n) is 6.66. The number of carbonyl (C=O) groups is 2. The van der Waals surface area contributed by atoms with E-state index < -0.39 is 0 Å². The molecular weight excluding hydrogens is 466 g/mol. The molecular formula is C23H22ClN3O3S2. The summed E-state index contributed by atoms with van der Waals surface area (Å²) in [7, 11) is 0. The van der Waals surface area contributed by atoms with Gasteiger partial charge in [-0.3, -0.25) is 14.4 Å². The summed E-state index contributed by atoms with van der Waals surface area (Å²) in [5.74, 6) is -0.414. The number of hydrogen-bond acceptors (Lipinski definition) is 6. The molecule has 2 aliphatic heterocycles. The fourth-order valence-corrected chi connectivity index (χ4v) is 9.99. The molecule has 6 rings (SSSR count). The van der Waals surface area contributed by atoms with Crippen LogP contribution in [0, 0.1) is 29.6 Å². The van der Waals surface area contributed by atoms with E-state index in [4.69, 9.17) is 11.6 Å². The minimum atomic E-state index is -0.309. The van der Waals surface area contributed by atoms with Crippen LogP contribution < -0.4 is 4.87 Å². The number of aromatic amines is 1. The first-order valence-electron chi connectivity index (χ1n) is 10.9. The molecule has 9 heteroatoms. The number of H-pyrrole nitrogens is 1. The lowest BCUT2D eigenvalue weighted by atomic mass is 9.62. The maximum atomic E-state index is 13.4. The van der Waals surface area contributed by atoms with Crippen molar-refractivity contribution in [2.75, 3.05) is 0 Å². The molecule has 2 saturated carbocycles. The van der Waals surface area contributed by atoms with Crippen LogP contribution in [0.25, 0.3) is 0 Å². The standard InChI is InChI=1S/C23H22ClN3O3S2/c1-3-23(2)16-12-8-13(17(16)31-19-18(23)32-22(30)26-19)15-14(12)20(28)27(21(15)29)25-9-10-4-6-11(24)7-5-10/h4-7,9,12-17H,3,8H2,1-2H3,(H,26,30)/b25-9+/t12?,13?,14?,15?,16?,17-,23-/m1/s1. The van der Waals surface area contributed by atoms with Crippen molar-refractivity contribution >= 4 is 52.7 Å². The van der Waals surface area contributed by atoms with Crippen LogP contribution >= 0.6 is 34.7 Å². The van der Waals surface area contributed by atoms with Crippen LogP contribution in [0.1, 0.15) is 37.1 Å². The Hall–Kier alpha value is -1.90. The molecule has 1 aromatic carbocycles. The maximum absolute atomic E-state index is 13.4. The number of nitrogens with one attached hydrogen (secondary N) is 1. The largest absolute Gasteiger partial charge is 0.307 e. The van der Waals surface area contributed by atoms with Gasteiger partial charge in [0.1, 0.15) is 0 Å². The van der Waals surface area contributed by atoms with E-state index in [1.54, 1.807) is 42.2 Å². The molecule has 1 saturated heterocycles. The lowest BCUT2D eigenvalue weighted by molar-refractivity contribution is -0.140. The number of hydrazone groups is 1. The number of fused-ring (bicyclic) bond motifs is 9. The summed E-state index contributed by atoms with van der Waals surface area (Å²) in [6.07, 6.45) is 3.35. The van der Waals surface area contributed by atoms with Crippen molar-refractivity contribution in [3.05, 3.63) is 49.4 Å². The number of thiazole rings is 1. The molecule has 1 N–H and O–H groups in total. The summed E-state index contributed by atoms with van der Waals surface area (Å²) in [5.41, 5.74) is 0.620. The first-order valence-corrected chi connectivity index (χ1v) is 13.0. The van der Waals surface area contributed by atoms with Crippen molar-refractivity contribution in [2.24, 2.45) is 34.7 Å². The van der Waals surface area contributed by atoms with Gasteiger partial charge in [-0.2, -0.15) is 10.1 Å². The molecule has 6 nitrogen and oxygen atoms in total. The number of amides is 2. The summed E-state index contributed by atoms with van der Waals surface area (Å²) in [6, 6.07) is 7.11. The first kappa shape index (κ1) is 20.7. The third-order valence-corrected chi connectivity index (χ3v) is 11.1. The van der Waals surface area contributed by atoms with Crippen LogP contribution in [-0.2, 0) is 15.0 Å². The number of aromatic nitrogens is 1. The first-order chi connectivity index (χ1) is 15.3. The molecule has 4 aliphatic rings. The monoisotopic (exact) mass is 487 g/mol. The molecule has 2 aliphatic carbocycles. The van der Waals surface area contributed by atoms with Gasteiger partial charge in [0.25, 0.3) is 11.8 Å². The second-order valence-electron chi connectivity index (χ2n) is 9.45. The van der Waals surface area contributed by atoms with Gasteiger partial charge < -0.3 is 4.98 Å². The van der Waals surface area contributed by atoms with Crippen LogP contribution in [0.3, 0.4) is 0 Å². The zero-order valence-corrected chi connectivity index (χ0v) is 20.0. The smallest absolute Gasteiger partial charge is 0.305 e. The summed E-state index contributed by atoms with van der Waals surface area (Å²) < 4.78 is 0. The third-order valence-electron chi connectivity index (χ3n) is 8.13. The molecule has 3 fully saturated rings. The van der Waals surface area contributed by atoms with E-state index in [2.05, 4.69) is 23.9 Å². The predicted molar refractivity (Wildman–Crippen MR) is 125 cm³/mol. The van der Waals surface area contributed by atoms with E-state index in [0.29, 0.717) is 5.02 Å². The number of carbonyl (C=O) groups excluding carboxylic acids is 2. The van der Waals surface area contributed by atoms with Gasteiger partial charge in [-0.1, -0.05) is 48.9 Å².